The normalized spacial score (nSPS) is 18.3. The van der Waals surface area contributed by atoms with E-state index < -0.39 is 9.84 Å². The van der Waals surface area contributed by atoms with Gasteiger partial charge >= 0.3 is 0 Å². The van der Waals surface area contributed by atoms with Crippen LogP contribution in [0.1, 0.15) is 25.5 Å². The summed E-state index contributed by atoms with van der Waals surface area (Å²) in [7, 11) is -0.933. The average Bonchev–Trinajstić information content (AvgIpc) is 2.50. The van der Waals surface area contributed by atoms with Crippen LogP contribution in [0.3, 0.4) is 0 Å². The van der Waals surface area contributed by atoms with Crippen LogP contribution in [0, 0.1) is 6.92 Å². The van der Waals surface area contributed by atoms with Gasteiger partial charge in [-0.1, -0.05) is 0 Å². The highest BCUT2D eigenvalue weighted by Gasteiger charge is 2.25. The Bertz CT molecular complexity index is 677. The fourth-order valence-corrected chi connectivity index (χ4v) is 4.00. The molecule has 0 N–H and O–H groups in total. The van der Waals surface area contributed by atoms with Crippen molar-refractivity contribution in [2.75, 3.05) is 25.1 Å². The van der Waals surface area contributed by atoms with E-state index in [1.807, 2.05) is 31.9 Å². The van der Waals surface area contributed by atoms with Gasteiger partial charge in [-0.3, -0.25) is 0 Å². The van der Waals surface area contributed by atoms with Gasteiger partial charge in [0.2, 0.25) is 5.88 Å². The molecule has 0 aromatic carbocycles. The van der Waals surface area contributed by atoms with Crippen molar-refractivity contribution in [2.45, 2.75) is 32.8 Å². The Morgan fingerprint density at radius 2 is 2.13 bits per heavy atom. The van der Waals surface area contributed by atoms with Gasteiger partial charge in [-0.2, -0.15) is 0 Å². The highest BCUT2D eigenvalue weighted by molar-refractivity contribution is 9.10. The minimum atomic E-state index is -2.89. The molecular formula is C15H22BrN3O3S. The largest absolute Gasteiger partial charge is 0.473 e. The second-order valence-corrected chi connectivity index (χ2v) is 8.82. The van der Waals surface area contributed by atoms with Gasteiger partial charge in [-0.15, -0.1) is 0 Å². The number of nitrogens with zero attached hydrogens (tertiary/aromatic N) is 3. The van der Waals surface area contributed by atoms with Crippen molar-refractivity contribution >= 4 is 37.8 Å². The first-order valence-corrected chi connectivity index (χ1v) is 10.2. The van der Waals surface area contributed by atoms with Crippen LogP contribution in [0.25, 0.3) is 0 Å². The topological polar surface area (TPSA) is 71.9 Å². The minimum absolute atomic E-state index is 0.109. The third-order valence-corrected chi connectivity index (χ3v) is 6.06. The number of rotatable bonds is 5. The lowest BCUT2D eigenvalue weighted by atomic mass is 10.2. The molecule has 0 spiro atoms. The van der Waals surface area contributed by atoms with Gasteiger partial charge < -0.3 is 9.64 Å². The highest BCUT2D eigenvalue weighted by Crippen LogP contribution is 2.31. The number of sulfone groups is 1. The van der Waals surface area contributed by atoms with Crippen LogP contribution < -0.4 is 4.74 Å². The molecule has 0 aliphatic carbocycles. The number of aryl methyl sites for hydroxylation is 1. The molecule has 0 amide bonds. The molecule has 8 heteroatoms. The number of pyridine rings is 1. The number of halogens is 1. The van der Waals surface area contributed by atoms with Crippen LogP contribution >= 0.6 is 15.9 Å². The fraction of sp³-hybridized carbons (Fsp3) is 0.600. The van der Waals surface area contributed by atoms with Gasteiger partial charge in [0.1, 0.15) is 6.10 Å². The van der Waals surface area contributed by atoms with Crippen LogP contribution in [0.5, 0.6) is 5.88 Å². The highest BCUT2D eigenvalue weighted by atomic mass is 79.9. The van der Waals surface area contributed by atoms with E-state index in [0.29, 0.717) is 18.7 Å². The van der Waals surface area contributed by atoms with Crippen molar-refractivity contribution in [3.8, 4) is 5.88 Å². The zero-order chi connectivity index (χ0) is 17.0. The summed E-state index contributed by atoms with van der Waals surface area (Å²) in [6, 6.07) is 1.87. The zero-order valence-electron chi connectivity index (χ0n) is 13.6. The molecule has 0 saturated carbocycles. The van der Waals surface area contributed by atoms with E-state index in [1.54, 1.807) is 6.34 Å². The first kappa shape index (κ1) is 18.2. The first-order chi connectivity index (χ1) is 10.8. The predicted molar refractivity (Wildman–Crippen MR) is 95.4 cm³/mol. The standard InChI is InChI=1S/C15H22BrN3O3S/c1-4-19(3)10-17-14-9-13(16)15(18-11(14)2)22-12-5-7-23(20,21)8-6-12/h9-10,12H,4-8H2,1-3H3/b17-10+. The summed E-state index contributed by atoms with van der Waals surface area (Å²) in [5.41, 5.74) is 1.54. The van der Waals surface area contributed by atoms with Gasteiger partial charge in [0, 0.05) is 13.6 Å². The van der Waals surface area contributed by atoms with E-state index in [-0.39, 0.29) is 17.6 Å². The van der Waals surface area contributed by atoms with Crippen LogP contribution in [-0.2, 0) is 9.84 Å². The average molecular weight is 404 g/mol. The van der Waals surface area contributed by atoms with Crippen molar-refractivity contribution in [1.29, 1.82) is 0 Å². The summed E-state index contributed by atoms with van der Waals surface area (Å²) in [6.07, 6.45) is 2.68. The number of hydrogen-bond donors (Lipinski definition) is 0. The molecule has 1 fully saturated rings. The van der Waals surface area contributed by atoms with E-state index in [1.165, 1.54) is 0 Å². The number of hydrogen-bond acceptors (Lipinski definition) is 5. The van der Waals surface area contributed by atoms with Crippen LogP contribution in [0.2, 0.25) is 0 Å². The monoisotopic (exact) mass is 403 g/mol. The Morgan fingerprint density at radius 1 is 1.48 bits per heavy atom. The molecule has 1 aliphatic rings. The quantitative estimate of drug-likeness (QED) is 0.558. The summed E-state index contributed by atoms with van der Waals surface area (Å²) in [4.78, 5) is 10.8. The van der Waals surface area contributed by atoms with Crippen LogP contribution in [0.15, 0.2) is 15.5 Å². The van der Waals surface area contributed by atoms with Crippen molar-refractivity contribution in [1.82, 2.24) is 9.88 Å². The lowest BCUT2D eigenvalue weighted by Gasteiger charge is -2.23. The maximum atomic E-state index is 11.5. The third-order valence-electron chi connectivity index (χ3n) is 3.78. The van der Waals surface area contributed by atoms with Crippen LogP contribution in [-0.4, -0.2) is 55.8 Å². The van der Waals surface area contributed by atoms with E-state index in [2.05, 4.69) is 25.9 Å². The van der Waals surface area contributed by atoms with Gasteiger partial charge in [-0.25, -0.2) is 18.4 Å². The second-order valence-electron chi connectivity index (χ2n) is 5.67. The fourth-order valence-electron chi connectivity index (χ4n) is 2.15. The number of aromatic nitrogens is 1. The van der Waals surface area contributed by atoms with Crippen LogP contribution in [0.4, 0.5) is 5.69 Å². The Morgan fingerprint density at radius 3 is 2.74 bits per heavy atom. The Balaban J connectivity index is 2.09. The molecule has 2 heterocycles. The minimum Gasteiger partial charge on any atom is -0.473 e. The van der Waals surface area contributed by atoms with Gasteiger partial charge in [0.15, 0.2) is 9.84 Å². The summed E-state index contributed by atoms with van der Waals surface area (Å²) in [5, 5.41) is 0. The lowest BCUT2D eigenvalue weighted by molar-refractivity contribution is 0.180. The van der Waals surface area contributed by atoms with Crippen molar-refractivity contribution in [3.63, 3.8) is 0 Å². The van der Waals surface area contributed by atoms with E-state index in [9.17, 15) is 8.42 Å². The van der Waals surface area contributed by atoms with Crippen molar-refractivity contribution in [3.05, 3.63) is 16.2 Å². The zero-order valence-corrected chi connectivity index (χ0v) is 16.0. The summed E-state index contributed by atoms with van der Waals surface area (Å²) >= 11 is 3.46. The van der Waals surface area contributed by atoms with Gasteiger partial charge in [0.05, 0.1) is 33.7 Å². The third kappa shape index (κ3) is 5.17. The van der Waals surface area contributed by atoms with Gasteiger partial charge in [0.25, 0.3) is 0 Å². The molecule has 128 valence electrons. The van der Waals surface area contributed by atoms with Crippen molar-refractivity contribution < 1.29 is 13.2 Å². The summed E-state index contributed by atoms with van der Waals surface area (Å²) in [5.74, 6) is 0.856. The molecule has 0 unspecified atom stereocenters. The number of ether oxygens (including phenoxy) is 1. The summed E-state index contributed by atoms with van der Waals surface area (Å²) < 4.78 is 29.5. The maximum absolute atomic E-state index is 11.5. The van der Waals surface area contributed by atoms with E-state index in [4.69, 9.17) is 4.74 Å². The predicted octanol–water partition coefficient (Wildman–Crippen LogP) is 2.72. The molecule has 1 aromatic heterocycles. The van der Waals surface area contributed by atoms with Gasteiger partial charge in [-0.05, 0) is 48.7 Å². The van der Waals surface area contributed by atoms with E-state index in [0.717, 1.165) is 22.4 Å². The van der Waals surface area contributed by atoms with E-state index >= 15 is 0 Å². The summed E-state index contributed by atoms with van der Waals surface area (Å²) in [6.45, 7) is 4.81. The Labute approximate surface area is 146 Å². The number of aliphatic imine (C=N–C) groups is 1. The molecule has 0 atom stereocenters. The molecular weight excluding hydrogens is 382 g/mol. The first-order valence-electron chi connectivity index (χ1n) is 7.59. The smallest absolute Gasteiger partial charge is 0.228 e. The molecule has 1 saturated heterocycles. The Hall–Kier alpha value is -1.15. The molecule has 23 heavy (non-hydrogen) atoms. The molecule has 1 aliphatic heterocycles. The maximum Gasteiger partial charge on any atom is 0.228 e. The van der Waals surface area contributed by atoms with Crippen molar-refractivity contribution in [2.24, 2.45) is 4.99 Å². The molecule has 1 aromatic rings. The lowest BCUT2D eigenvalue weighted by Crippen LogP contribution is -2.31. The molecule has 6 nitrogen and oxygen atoms in total. The Kier molecular flexibility index (Phi) is 6.02. The second kappa shape index (κ2) is 7.61. The molecule has 0 bridgehead atoms. The SMILES string of the molecule is CCN(C)/C=N/c1cc(Br)c(OC2CCS(=O)(=O)CC2)nc1C. The molecule has 2 rings (SSSR count). The molecule has 0 radical (unpaired) electrons.